The molecule has 6 nitrogen and oxygen atoms in total. The smallest absolute Gasteiger partial charge is 0.255 e. The van der Waals surface area contributed by atoms with Gasteiger partial charge in [-0.05, 0) is 49.9 Å². The van der Waals surface area contributed by atoms with Gasteiger partial charge >= 0.3 is 0 Å². The third kappa shape index (κ3) is 3.46. The first-order chi connectivity index (χ1) is 13.0. The Morgan fingerprint density at radius 3 is 2.63 bits per heavy atom. The van der Waals surface area contributed by atoms with E-state index in [1.807, 2.05) is 30.0 Å². The molecule has 0 unspecified atom stereocenters. The normalized spacial score (nSPS) is 15.4. The highest BCUT2D eigenvalue weighted by Crippen LogP contribution is 2.29. The molecule has 2 aromatic heterocycles. The van der Waals surface area contributed by atoms with Crippen LogP contribution < -0.4 is 5.73 Å². The second-order valence-electron chi connectivity index (χ2n) is 7.16. The zero-order valence-electron chi connectivity index (χ0n) is 15.7. The van der Waals surface area contributed by atoms with Gasteiger partial charge in [0.25, 0.3) is 5.91 Å². The number of benzene rings is 1. The number of fused-ring (bicyclic) bond motifs is 1. The van der Waals surface area contributed by atoms with Crippen molar-refractivity contribution in [2.24, 2.45) is 5.73 Å². The lowest BCUT2D eigenvalue weighted by atomic mass is 10.0. The number of carbonyl (C=O) groups is 1. The van der Waals surface area contributed by atoms with Crippen molar-refractivity contribution in [2.45, 2.75) is 13.5 Å². The Kier molecular flexibility index (Phi) is 4.68. The topological polar surface area (TPSA) is 75.6 Å². The van der Waals surface area contributed by atoms with E-state index in [2.05, 4.69) is 29.1 Å². The van der Waals surface area contributed by atoms with Crippen molar-refractivity contribution in [3.63, 3.8) is 0 Å². The van der Waals surface area contributed by atoms with Crippen LogP contribution in [0.4, 0.5) is 0 Å². The average molecular weight is 364 g/mol. The number of pyridine rings is 1. The molecule has 1 amide bonds. The molecule has 140 valence electrons. The van der Waals surface area contributed by atoms with Crippen LogP contribution in [0.3, 0.4) is 0 Å². The molecule has 0 bridgehead atoms. The number of hydrogen-bond acceptors (Lipinski definition) is 5. The second-order valence-corrected chi connectivity index (χ2v) is 7.16. The Morgan fingerprint density at radius 1 is 1.19 bits per heavy atom. The molecule has 0 spiro atoms. The van der Waals surface area contributed by atoms with Crippen molar-refractivity contribution in [1.29, 1.82) is 0 Å². The van der Waals surface area contributed by atoms with Crippen molar-refractivity contribution in [3.05, 3.63) is 53.4 Å². The van der Waals surface area contributed by atoms with Crippen LogP contribution in [0.15, 0.2) is 40.9 Å². The van der Waals surface area contributed by atoms with Crippen molar-refractivity contribution >= 4 is 16.9 Å². The fourth-order valence-electron chi connectivity index (χ4n) is 3.51. The van der Waals surface area contributed by atoms with Crippen molar-refractivity contribution in [1.82, 2.24) is 14.8 Å². The van der Waals surface area contributed by atoms with E-state index in [1.54, 1.807) is 6.20 Å². The number of hydrogen-bond donors (Lipinski definition) is 1. The summed E-state index contributed by atoms with van der Waals surface area (Å²) in [6.07, 6.45) is 1.68. The van der Waals surface area contributed by atoms with Crippen molar-refractivity contribution in [2.75, 3.05) is 33.2 Å². The predicted octanol–water partition coefficient (Wildman–Crippen LogP) is 2.65. The first-order valence-electron chi connectivity index (χ1n) is 9.22. The second kappa shape index (κ2) is 7.13. The van der Waals surface area contributed by atoms with Gasteiger partial charge in [0, 0.05) is 43.3 Å². The minimum atomic E-state index is 0.0520. The molecular weight excluding hydrogens is 340 g/mol. The molecule has 0 aliphatic carbocycles. The fraction of sp³-hybridized carbons (Fsp3) is 0.333. The van der Waals surface area contributed by atoms with Crippen LogP contribution in [0.1, 0.15) is 21.7 Å². The van der Waals surface area contributed by atoms with Crippen LogP contribution in [-0.2, 0) is 6.54 Å². The quantitative estimate of drug-likeness (QED) is 0.773. The van der Waals surface area contributed by atoms with Gasteiger partial charge in [-0.1, -0.05) is 0 Å². The number of aryl methyl sites for hydroxylation is 1. The van der Waals surface area contributed by atoms with E-state index >= 15 is 0 Å². The van der Waals surface area contributed by atoms with Crippen LogP contribution in [0.2, 0.25) is 0 Å². The average Bonchev–Trinajstić information content (AvgIpc) is 3.12. The minimum absolute atomic E-state index is 0.0520. The Labute approximate surface area is 158 Å². The van der Waals surface area contributed by atoms with Gasteiger partial charge in [-0.25, -0.2) is 0 Å². The number of furan rings is 1. The number of nitrogens with zero attached hydrogens (tertiary/aromatic N) is 3. The first kappa shape index (κ1) is 17.7. The van der Waals surface area contributed by atoms with E-state index in [1.165, 1.54) is 0 Å². The molecule has 1 fully saturated rings. The molecule has 2 N–H and O–H groups in total. The molecule has 0 radical (unpaired) electrons. The molecule has 0 atom stereocenters. The Balaban J connectivity index is 1.58. The van der Waals surface area contributed by atoms with Crippen molar-refractivity contribution in [3.8, 4) is 11.3 Å². The highest BCUT2D eigenvalue weighted by atomic mass is 16.3. The maximum atomic E-state index is 12.7. The van der Waals surface area contributed by atoms with E-state index in [9.17, 15) is 4.79 Å². The molecule has 27 heavy (non-hydrogen) atoms. The molecule has 1 aliphatic rings. The van der Waals surface area contributed by atoms with Gasteiger partial charge in [0.15, 0.2) is 0 Å². The predicted molar refractivity (Wildman–Crippen MR) is 105 cm³/mol. The highest BCUT2D eigenvalue weighted by Gasteiger charge is 2.20. The fourth-order valence-corrected chi connectivity index (χ4v) is 3.51. The van der Waals surface area contributed by atoms with Gasteiger partial charge < -0.3 is 20.0 Å². The molecule has 6 heteroatoms. The zero-order chi connectivity index (χ0) is 19.0. The Morgan fingerprint density at radius 2 is 1.96 bits per heavy atom. The van der Waals surface area contributed by atoms with Crippen LogP contribution in [0, 0.1) is 6.92 Å². The van der Waals surface area contributed by atoms with E-state index in [-0.39, 0.29) is 5.91 Å². The van der Waals surface area contributed by atoms with E-state index < -0.39 is 0 Å². The summed E-state index contributed by atoms with van der Waals surface area (Å²) in [5, 5.41) is 1.02. The first-order valence-corrected chi connectivity index (χ1v) is 9.22. The van der Waals surface area contributed by atoms with E-state index in [0.717, 1.165) is 59.7 Å². The number of piperazine rings is 1. The third-order valence-corrected chi connectivity index (χ3v) is 5.15. The number of rotatable bonds is 3. The third-order valence-electron chi connectivity index (χ3n) is 5.15. The molecule has 3 heterocycles. The molecule has 3 aromatic rings. The lowest BCUT2D eigenvalue weighted by Gasteiger charge is -2.32. The summed E-state index contributed by atoms with van der Waals surface area (Å²) in [4.78, 5) is 21.3. The van der Waals surface area contributed by atoms with Gasteiger partial charge in [0.1, 0.15) is 11.3 Å². The van der Waals surface area contributed by atoms with Gasteiger partial charge in [0.2, 0.25) is 0 Å². The summed E-state index contributed by atoms with van der Waals surface area (Å²) in [5.74, 6) is 0.822. The maximum absolute atomic E-state index is 12.7. The van der Waals surface area contributed by atoms with Gasteiger partial charge in [-0.2, -0.15) is 0 Å². The SMILES string of the molecule is Cc1cc(-c2ccc(C(=O)N3CCN(C)CC3)cn2)cc2cc(CN)oc12. The van der Waals surface area contributed by atoms with Crippen molar-refractivity contribution < 1.29 is 9.21 Å². The number of nitrogens with two attached hydrogens (primary N) is 1. The summed E-state index contributed by atoms with van der Waals surface area (Å²) in [5.41, 5.74) is 10.1. The number of carbonyl (C=O) groups excluding carboxylic acids is 1. The summed E-state index contributed by atoms with van der Waals surface area (Å²) in [6.45, 7) is 5.73. The lowest BCUT2D eigenvalue weighted by molar-refractivity contribution is 0.0663. The minimum Gasteiger partial charge on any atom is -0.459 e. The lowest BCUT2D eigenvalue weighted by Crippen LogP contribution is -2.47. The molecule has 0 saturated carbocycles. The Bertz CT molecular complexity index is 970. The summed E-state index contributed by atoms with van der Waals surface area (Å²) in [7, 11) is 2.08. The maximum Gasteiger partial charge on any atom is 0.255 e. The van der Waals surface area contributed by atoms with Gasteiger partial charge in [0.05, 0.1) is 17.8 Å². The van der Waals surface area contributed by atoms with E-state index in [0.29, 0.717) is 12.1 Å². The monoisotopic (exact) mass is 364 g/mol. The zero-order valence-corrected chi connectivity index (χ0v) is 15.7. The molecule has 1 saturated heterocycles. The Hall–Kier alpha value is -2.70. The molecule has 1 aliphatic heterocycles. The van der Waals surface area contributed by atoms with Crippen LogP contribution in [-0.4, -0.2) is 53.9 Å². The highest BCUT2D eigenvalue weighted by molar-refractivity contribution is 5.94. The molecule has 4 rings (SSSR count). The van der Waals surface area contributed by atoms with Crippen LogP contribution >= 0.6 is 0 Å². The van der Waals surface area contributed by atoms with Gasteiger partial charge in [-0.15, -0.1) is 0 Å². The molecule has 1 aromatic carbocycles. The van der Waals surface area contributed by atoms with E-state index in [4.69, 9.17) is 10.2 Å². The number of likely N-dealkylation sites (N-methyl/N-ethyl adjacent to an activating group) is 1. The standard InChI is InChI=1S/C21H24N4O2/c1-14-9-16(10-17-11-18(12-22)27-20(14)17)19-4-3-15(13-23-19)21(26)25-7-5-24(2)6-8-25/h3-4,9-11,13H,5-8,12,22H2,1-2H3. The van der Waals surface area contributed by atoms with Gasteiger partial charge in [-0.3, -0.25) is 9.78 Å². The van der Waals surface area contributed by atoms with Crippen LogP contribution in [0.25, 0.3) is 22.2 Å². The summed E-state index contributed by atoms with van der Waals surface area (Å²) in [6, 6.07) is 9.85. The summed E-state index contributed by atoms with van der Waals surface area (Å²) >= 11 is 0. The number of aromatic nitrogens is 1. The largest absolute Gasteiger partial charge is 0.459 e. The molecular formula is C21H24N4O2. The summed E-state index contributed by atoms with van der Waals surface area (Å²) < 4.78 is 5.77. The number of amides is 1. The van der Waals surface area contributed by atoms with Crippen LogP contribution in [0.5, 0.6) is 0 Å².